The number of nitrogens with one attached hydrogen (secondary N) is 1. The molecule has 5 aromatic carbocycles. The van der Waals surface area contributed by atoms with Gasteiger partial charge in [-0.2, -0.15) is 5.26 Å². The molecule has 1 aromatic heterocycles. The van der Waals surface area contributed by atoms with Crippen LogP contribution in [0.15, 0.2) is 138 Å². The zero-order valence-corrected chi connectivity index (χ0v) is 21.8. The summed E-state index contributed by atoms with van der Waals surface area (Å²) < 4.78 is 2.61. The highest BCUT2D eigenvalue weighted by Crippen LogP contribution is 2.40. The second-order valence-electron chi connectivity index (χ2n) is 9.54. The smallest absolute Gasteiger partial charge is 0.133 e. The lowest BCUT2D eigenvalue weighted by molar-refractivity contribution is 0.845. The second-order valence-corrected chi connectivity index (χ2v) is 10.6. The van der Waals surface area contributed by atoms with Crippen LogP contribution in [0.1, 0.15) is 22.7 Å². The molecule has 0 saturated heterocycles. The molecule has 1 N–H and O–H groups in total. The van der Waals surface area contributed by atoms with Crippen LogP contribution in [-0.4, -0.2) is 5.84 Å². The molecular formula is C35H23N3S. The third-order valence-electron chi connectivity index (χ3n) is 7.22. The van der Waals surface area contributed by atoms with E-state index in [-0.39, 0.29) is 6.04 Å². The highest BCUT2D eigenvalue weighted by Gasteiger charge is 2.27. The van der Waals surface area contributed by atoms with E-state index < -0.39 is 0 Å². The van der Waals surface area contributed by atoms with E-state index in [1.54, 1.807) is 0 Å². The zero-order chi connectivity index (χ0) is 26.2. The van der Waals surface area contributed by atoms with Crippen molar-refractivity contribution in [2.45, 2.75) is 6.04 Å². The molecule has 0 radical (unpaired) electrons. The first-order chi connectivity index (χ1) is 19.3. The fourth-order valence-corrected chi connectivity index (χ4v) is 6.54. The first kappa shape index (κ1) is 23.2. The number of amidine groups is 1. The molecule has 0 amide bonds. The van der Waals surface area contributed by atoms with E-state index in [0.29, 0.717) is 5.57 Å². The van der Waals surface area contributed by atoms with Crippen molar-refractivity contribution in [2.24, 2.45) is 4.99 Å². The molecule has 0 spiro atoms. The maximum absolute atomic E-state index is 10.2. The Morgan fingerprint density at radius 2 is 1.31 bits per heavy atom. The molecule has 184 valence electrons. The quantitative estimate of drug-likeness (QED) is 0.254. The van der Waals surface area contributed by atoms with Crippen LogP contribution in [0.5, 0.6) is 0 Å². The van der Waals surface area contributed by atoms with E-state index in [0.717, 1.165) is 28.2 Å². The highest BCUT2D eigenvalue weighted by atomic mass is 32.1. The van der Waals surface area contributed by atoms with Crippen LogP contribution in [0.3, 0.4) is 0 Å². The summed E-state index contributed by atoms with van der Waals surface area (Å²) in [5.41, 5.74) is 6.76. The largest absolute Gasteiger partial charge is 0.339 e. The summed E-state index contributed by atoms with van der Waals surface area (Å²) in [5, 5.41) is 16.3. The van der Waals surface area contributed by atoms with Crippen molar-refractivity contribution in [1.82, 2.24) is 5.32 Å². The molecule has 7 rings (SSSR count). The number of thiophene rings is 1. The van der Waals surface area contributed by atoms with Crippen LogP contribution in [0, 0.1) is 11.3 Å². The molecule has 6 aromatic rings. The summed E-state index contributed by atoms with van der Waals surface area (Å²) in [5.74, 6) is 0.758. The van der Waals surface area contributed by atoms with E-state index in [1.807, 2.05) is 72.0 Å². The normalized spacial score (nSPS) is 15.2. The molecule has 1 aliphatic rings. The fourth-order valence-electron chi connectivity index (χ4n) is 5.30. The number of hydrogen-bond acceptors (Lipinski definition) is 4. The van der Waals surface area contributed by atoms with Gasteiger partial charge in [0.15, 0.2) is 0 Å². The number of nitriles is 1. The van der Waals surface area contributed by atoms with Gasteiger partial charge in [0.1, 0.15) is 11.9 Å². The Bertz CT molecular complexity index is 1930. The van der Waals surface area contributed by atoms with Crippen LogP contribution < -0.4 is 5.32 Å². The van der Waals surface area contributed by atoms with Gasteiger partial charge in [-0.15, -0.1) is 11.3 Å². The van der Waals surface area contributed by atoms with Gasteiger partial charge in [0, 0.05) is 25.7 Å². The molecule has 0 aliphatic carbocycles. The fraction of sp³-hybridized carbons (Fsp3) is 0.0286. The molecule has 4 heteroatoms. The Balaban J connectivity index is 1.31. The third kappa shape index (κ3) is 4.10. The Morgan fingerprint density at radius 1 is 0.641 bits per heavy atom. The lowest BCUT2D eigenvalue weighted by Gasteiger charge is -2.26. The number of nitrogens with zero attached hydrogens (tertiary/aromatic N) is 2. The van der Waals surface area contributed by atoms with E-state index in [4.69, 9.17) is 4.99 Å². The maximum atomic E-state index is 10.2. The Hall–Kier alpha value is -4.98. The molecule has 0 fully saturated rings. The van der Waals surface area contributed by atoms with Crippen LogP contribution >= 0.6 is 11.3 Å². The highest BCUT2D eigenvalue weighted by molar-refractivity contribution is 7.26. The minimum absolute atomic E-state index is 0.380. The molecule has 1 atom stereocenters. The summed E-state index contributed by atoms with van der Waals surface area (Å²) in [6.07, 6.45) is 0. The zero-order valence-electron chi connectivity index (χ0n) is 21.0. The van der Waals surface area contributed by atoms with Crippen molar-refractivity contribution in [3.05, 3.63) is 150 Å². The van der Waals surface area contributed by atoms with Gasteiger partial charge in [-0.05, 0) is 28.3 Å². The van der Waals surface area contributed by atoms with Crippen LogP contribution in [0.2, 0.25) is 0 Å². The third-order valence-corrected chi connectivity index (χ3v) is 8.44. The molecule has 3 nitrogen and oxygen atoms in total. The number of hydrogen-bond donors (Lipinski definition) is 1. The number of rotatable bonds is 4. The van der Waals surface area contributed by atoms with Gasteiger partial charge in [0.05, 0.1) is 17.3 Å². The molecule has 1 unspecified atom stereocenters. The van der Waals surface area contributed by atoms with Crippen molar-refractivity contribution < 1.29 is 0 Å². The average Bonchev–Trinajstić information content (AvgIpc) is 3.40. The van der Waals surface area contributed by atoms with Gasteiger partial charge in [-0.3, -0.25) is 4.99 Å². The summed E-state index contributed by atoms with van der Waals surface area (Å²) >= 11 is 1.84. The van der Waals surface area contributed by atoms with E-state index in [9.17, 15) is 5.26 Å². The Labute approximate surface area is 231 Å². The predicted molar refractivity (Wildman–Crippen MR) is 163 cm³/mol. The molecular weight excluding hydrogens is 494 g/mol. The van der Waals surface area contributed by atoms with E-state index in [1.165, 1.54) is 31.3 Å². The van der Waals surface area contributed by atoms with Crippen LogP contribution in [0.25, 0.3) is 37.0 Å². The summed E-state index contributed by atoms with van der Waals surface area (Å²) in [4.78, 5) is 5.06. The van der Waals surface area contributed by atoms with Crippen molar-refractivity contribution in [3.63, 3.8) is 0 Å². The second kappa shape index (κ2) is 9.72. The van der Waals surface area contributed by atoms with Gasteiger partial charge < -0.3 is 5.32 Å². The van der Waals surface area contributed by atoms with Crippen molar-refractivity contribution in [2.75, 3.05) is 0 Å². The first-order valence-corrected chi connectivity index (χ1v) is 13.7. The standard InChI is InChI=1S/C35H23N3S/c36-22-30-32(24-10-3-1-4-11-24)37-35(38-33(30)25-12-5-2-6-13-25)26-20-18-23(19-21-26)27-15-9-16-29-28-14-7-8-17-31(28)39-34(27)29/h1-21,32H,(H,37,38). The van der Waals surface area contributed by atoms with Gasteiger partial charge in [-0.25, -0.2) is 0 Å². The predicted octanol–water partition coefficient (Wildman–Crippen LogP) is 8.75. The first-order valence-electron chi connectivity index (χ1n) is 12.9. The van der Waals surface area contributed by atoms with Gasteiger partial charge in [-0.1, -0.05) is 121 Å². The molecule has 1 aliphatic heterocycles. The number of fused-ring (bicyclic) bond motifs is 3. The monoisotopic (exact) mass is 517 g/mol. The summed E-state index contributed by atoms with van der Waals surface area (Å²) in [7, 11) is 0. The number of benzene rings is 5. The van der Waals surface area contributed by atoms with E-state index in [2.05, 4.69) is 78.1 Å². The van der Waals surface area contributed by atoms with Crippen LogP contribution in [0.4, 0.5) is 0 Å². The van der Waals surface area contributed by atoms with Crippen molar-refractivity contribution in [1.29, 1.82) is 5.26 Å². The van der Waals surface area contributed by atoms with Crippen molar-refractivity contribution >= 4 is 43.0 Å². The topological polar surface area (TPSA) is 48.2 Å². The minimum atomic E-state index is -0.380. The summed E-state index contributed by atoms with van der Waals surface area (Å²) in [6.45, 7) is 0. The summed E-state index contributed by atoms with van der Waals surface area (Å²) in [6, 6.07) is 45.8. The minimum Gasteiger partial charge on any atom is -0.339 e. The SMILES string of the molecule is N#CC1=C(c2ccccc2)NC(c2ccc(-c3cccc4c3sc3ccccc34)cc2)=NC1c1ccccc1. The van der Waals surface area contributed by atoms with Gasteiger partial charge >= 0.3 is 0 Å². The van der Waals surface area contributed by atoms with Gasteiger partial charge in [0.2, 0.25) is 0 Å². The Kier molecular flexibility index (Phi) is 5.77. The van der Waals surface area contributed by atoms with E-state index >= 15 is 0 Å². The lowest BCUT2D eigenvalue weighted by Crippen LogP contribution is -2.30. The van der Waals surface area contributed by atoms with Crippen molar-refractivity contribution in [3.8, 4) is 17.2 Å². The molecule has 2 heterocycles. The number of aliphatic imine (C=N–C) groups is 1. The molecule has 39 heavy (non-hydrogen) atoms. The van der Waals surface area contributed by atoms with Crippen LogP contribution in [-0.2, 0) is 0 Å². The molecule has 0 saturated carbocycles. The molecule has 0 bridgehead atoms. The maximum Gasteiger partial charge on any atom is 0.133 e. The van der Waals surface area contributed by atoms with Gasteiger partial charge in [0.25, 0.3) is 0 Å². The lowest BCUT2D eigenvalue weighted by atomic mass is 9.93. The average molecular weight is 518 g/mol. The Morgan fingerprint density at radius 3 is 2.08 bits per heavy atom.